The molecule has 2 fully saturated rings. The fraction of sp³-hybridized carbons (Fsp3) is 0.579. The molecule has 4 heterocycles. The van der Waals surface area contributed by atoms with Crippen molar-refractivity contribution in [1.82, 2.24) is 24.9 Å². The first-order chi connectivity index (χ1) is 12.6. The maximum atomic E-state index is 12.5. The third-order valence-corrected chi connectivity index (χ3v) is 5.50. The van der Waals surface area contributed by atoms with Gasteiger partial charge in [-0.05, 0) is 37.9 Å². The quantitative estimate of drug-likeness (QED) is 0.837. The van der Waals surface area contributed by atoms with Crippen molar-refractivity contribution in [1.29, 1.82) is 0 Å². The van der Waals surface area contributed by atoms with Crippen molar-refractivity contribution < 1.29 is 9.32 Å². The van der Waals surface area contributed by atoms with E-state index in [4.69, 9.17) is 4.52 Å². The Morgan fingerprint density at radius 3 is 2.92 bits per heavy atom. The Hall–Kier alpha value is -2.28. The summed E-state index contributed by atoms with van der Waals surface area (Å²) in [5.41, 5.74) is 1.12. The molecule has 2 aliphatic heterocycles. The molecule has 2 aliphatic rings. The normalized spacial score (nSPS) is 24.3. The summed E-state index contributed by atoms with van der Waals surface area (Å²) in [5, 5.41) is 4.03. The second-order valence-electron chi connectivity index (χ2n) is 7.61. The number of hydrogen-bond donors (Lipinski definition) is 0. The molecule has 7 nitrogen and oxygen atoms in total. The number of pyridine rings is 1. The molecule has 1 amide bonds. The van der Waals surface area contributed by atoms with Crippen molar-refractivity contribution in [2.45, 2.75) is 45.7 Å². The van der Waals surface area contributed by atoms with Gasteiger partial charge in [0.15, 0.2) is 5.82 Å². The van der Waals surface area contributed by atoms with E-state index in [-0.39, 0.29) is 11.3 Å². The fourth-order valence-corrected chi connectivity index (χ4v) is 4.32. The molecule has 0 unspecified atom stereocenters. The number of amides is 1. The minimum atomic E-state index is 0.166. The van der Waals surface area contributed by atoms with Gasteiger partial charge in [0.2, 0.25) is 11.8 Å². The molecule has 0 N–H and O–H groups in total. The van der Waals surface area contributed by atoms with Crippen LogP contribution in [0.25, 0.3) is 0 Å². The number of aromatic nitrogens is 3. The van der Waals surface area contributed by atoms with Gasteiger partial charge in [-0.1, -0.05) is 11.2 Å². The fourth-order valence-electron chi connectivity index (χ4n) is 4.32. The van der Waals surface area contributed by atoms with E-state index in [1.807, 2.05) is 30.0 Å². The van der Waals surface area contributed by atoms with Gasteiger partial charge >= 0.3 is 0 Å². The predicted molar refractivity (Wildman–Crippen MR) is 94.9 cm³/mol. The van der Waals surface area contributed by atoms with Crippen LogP contribution in [0, 0.1) is 12.3 Å². The lowest BCUT2D eigenvalue weighted by molar-refractivity contribution is -0.140. The molecular formula is C19H25N5O2. The molecule has 1 spiro atoms. The van der Waals surface area contributed by atoms with Crippen LogP contribution in [0.1, 0.15) is 43.1 Å². The highest BCUT2D eigenvalue weighted by Crippen LogP contribution is 2.39. The van der Waals surface area contributed by atoms with Crippen molar-refractivity contribution in [2.75, 3.05) is 19.6 Å². The van der Waals surface area contributed by atoms with Crippen LogP contribution < -0.4 is 0 Å². The summed E-state index contributed by atoms with van der Waals surface area (Å²) in [4.78, 5) is 25.6. The van der Waals surface area contributed by atoms with Crippen molar-refractivity contribution in [3.05, 3.63) is 41.8 Å². The maximum Gasteiger partial charge on any atom is 0.223 e. The van der Waals surface area contributed by atoms with Crippen LogP contribution in [0.4, 0.5) is 0 Å². The smallest absolute Gasteiger partial charge is 0.223 e. The van der Waals surface area contributed by atoms with Gasteiger partial charge in [0.1, 0.15) is 0 Å². The van der Waals surface area contributed by atoms with Gasteiger partial charge in [-0.3, -0.25) is 14.7 Å². The highest BCUT2D eigenvalue weighted by molar-refractivity contribution is 5.77. The van der Waals surface area contributed by atoms with E-state index >= 15 is 0 Å². The van der Waals surface area contributed by atoms with Gasteiger partial charge in [0, 0.05) is 38.0 Å². The number of likely N-dealkylation sites (tertiary alicyclic amines) is 2. The standard InChI is InChI=1S/C19H25N5O2/c1-15-21-17(22-26-15)12-23-10-4-7-19(13-23)8-6-18(25)24(14-19)11-16-5-2-3-9-20-16/h2-3,5,9H,4,6-8,10-14H2,1H3/t19-/m1/s1. The molecule has 2 saturated heterocycles. The Morgan fingerprint density at radius 1 is 1.23 bits per heavy atom. The number of aryl methyl sites for hydroxylation is 1. The van der Waals surface area contributed by atoms with Crippen molar-refractivity contribution >= 4 is 5.91 Å². The number of carbonyl (C=O) groups excluding carboxylic acids is 1. The first kappa shape index (κ1) is 17.1. The molecule has 7 heteroatoms. The Kier molecular flexibility index (Phi) is 4.72. The van der Waals surface area contributed by atoms with E-state index in [0.717, 1.165) is 44.0 Å². The molecule has 0 aliphatic carbocycles. The summed E-state index contributed by atoms with van der Waals surface area (Å²) in [6, 6.07) is 5.86. The molecule has 0 saturated carbocycles. The summed E-state index contributed by atoms with van der Waals surface area (Å²) < 4.78 is 5.09. The van der Waals surface area contributed by atoms with Gasteiger partial charge in [-0.15, -0.1) is 0 Å². The number of rotatable bonds is 4. The van der Waals surface area contributed by atoms with Gasteiger partial charge in [-0.2, -0.15) is 4.98 Å². The van der Waals surface area contributed by atoms with E-state index in [2.05, 4.69) is 20.0 Å². The summed E-state index contributed by atoms with van der Waals surface area (Å²) in [7, 11) is 0. The number of piperidine rings is 2. The molecule has 0 bridgehead atoms. The number of carbonyl (C=O) groups is 1. The molecule has 4 rings (SSSR count). The average molecular weight is 355 g/mol. The van der Waals surface area contributed by atoms with Crippen LogP contribution in [-0.4, -0.2) is 50.5 Å². The van der Waals surface area contributed by atoms with Gasteiger partial charge in [0.05, 0.1) is 18.8 Å². The first-order valence-electron chi connectivity index (χ1n) is 9.31. The Morgan fingerprint density at radius 2 is 2.15 bits per heavy atom. The van der Waals surface area contributed by atoms with Crippen LogP contribution in [-0.2, 0) is 17.9 Å². The zero-order valence-corrected chi connectivity index (χ0v) is 15.2. The molecule has 0 radical (unpaired) electrons. The topological polar surface area (TPSA) is 75.4 Å². The third kappa shape index (κ3) is 3.77. The zero-order chi connectivity index (χ0) is 18.0. The Balaban J connectivity index is 1.43. The largest absolute Gasteiger partial charge is 0.340 e. The zero-order valence-electron chi connectivity index (χ0n) is 15.2. The van der Waals surface area contributed by atoms with Crippen LogP contribution in [0.15, 0.2) is 28.9 Å². The Bertz CT molecular complexity index is 762. The molecule has 2 aromatic rings. The molecule has 2 aromatic heterocycles. The molecule has 0 aromatic carbocycles. The van der Waals surface area contributed by atoms with Crippen LogP contribution in [0.5, 0.6) is 0 Å². The van der Waals surface area contributed by atoms with Gasteiger partial charge in [0.25, 0.3) is 0 Å². The van der Waals surface area contributed by atoms with E-state index < -0.39 is 0 Å². The lowest BCUT2D eigenvalue weighted by Gasteiger charge is -2.48. The molecule has 1 atom stereocenters. The highest BCUT2D eigenvalue weighted by Gasteiger charge is 2.41. The van der Waals surface area contributed by atoms with E-state index in [9.17, 15) is 4.79 Å². The lowest BCUT2D eigenvalue weighted by Crippen LogP contribution is -2.53. The van der Waals surface area contributed by atoms with E-state index in [1.54, 1.807) is 6.20 Å². The SMILES string of the molecule is Cc1nc(CN2CCC[C@@]3(CCC(=O)N(Cc4ccccn4)C3)C2)no1. The van der Waals surface area contributed by atoms with E-state index in [0.29, 0.717) is 25.4 Å². The first-order valence-corrected chi connectivity index (χ1v) is 9.31. The predicted octanol–water partition coefficient (Wildman–Crippen LogP) is 2.18. The van der Waals surface area contributed by atoms with Gasteiger partial charge < -0.3 is 9.42 Å². The number of hydrogen-bond acceptors (Lipinski definition) is 6. The lowest BCUT2D eigenvalue weighted by atomic mass is 9.73. The monoisotopic (exact) mass is 355 g/mol. The van der Waals surface area contributed by atoms with Crippen molar-refractivity contribution in [3.63, 3.8) is 0 Å². The van der Waals surface area contributed by atoms with Crippen LogP contribution in [0.2, 0.25) is 0 Å². The maximum absolute atomic E-state index is 12.5. The summed E-state index contributed by atoms with van der Waals surface area (Å²) >= 11 is 0. The minimum Gasteiger partial charge on any atom is -0.340 e. The number of nitrogens with zero attached hydrogens (tertiary/aromatic N) is 5. The molecular weight excluding hydrogens is 330 g/mol. The average Bonchev–Trinajstić information content (AvgIpc) is 3.04. The second-order valence-corrected chi connectivity index (χ2v) is 7.61. The summed E-state index contributed by atoms with van der Waals surface area (Å²) in [6.07, 6.45) is 5.69. The van der Waals surface area contributed by atoms with Crippen molar-refractivity contribution in [2.24, 2.45) is 5.41 Å². The molecule has 26 heavy (non-hydrogen) atoms. The molecule has 138 valence electrons. The minimum absolute atomic E-state index is 0.166. The van der Waals surface area contributed by atoms with Crippen LogP contribution in [0.3, 0.4) is 0 Å². The third-order valence-electron chi connectivity index (χ3n) is 5.50. The highest BCUT2D eigenvalue weighted by atomic mass is 16.5. The van der Waals surface area contributed by atoms with Gasteiger partial charge in [-0.25, -0.2) is 0 Å². The van der Waals surface area contributed by atoms with Crippen LogP contribution >= 0.6 is 0 Å². The second kappa shape index (κ2) is 7.15. The Labute approximate surface area is 153 Å². The van der Waals surface area contributed by atoms with Crippen molar-refractivity contribution in [3.8, 4) is 0 Å². The van der Waals surface area contributed by atoms with E-state index in [1.165, 1.54) is 6.42 Å². The summed E-state index contributed by atoms with van der Waals surface area (Å²) in [5.74, 6) is 1.60. The summed E-state index contributed by atoms with van der Waals surface area (Å²) in [6.45, 7) is 5.97.